The summed E-state index contributed by atoms with van der Waals surface area (Å²) in [5, 5.41) is 0. The molecule has 0 heteroatoms. The van der Waals surface area contributed by atoms with E-state index in [1.54, 1.807) is 51.4 Å². The second-order valence-corrected chi connectivity index (χ2v) is 13.1. The van der Waals surface area contributed by atoms with E-state index >= 15 is 0 Å². The van der Waals surface area contributed by atoms with Crippen LogP contribution in [-0.4, -0.2) is 0 Å². The minimum Gasteiger partial charge on any atom is -0.0651 e. The lowest BCUT2D eigenvalue weighted by Crippen LogP contribution is -2.53. The first-order valence-corrected chi connectivity index (χ1v) is 13.8. The molecule has 0 aromatic carbocycles. The van der Waals surface area contributed by atoms with Gasteiger partial charge in [-0.25, -0.2) is 0 Å². The van der Waals surface area contributed by atoms with E-state index in [0.29, 0.717) is 10.8 Å². The molecular weight excluding hydrogens is 348 g/mol. The van der Waals surface area contributed by atoms with Crippen LogP contribution in [0, 0.1) is 58.2 Å². The topological polar surface area (TPSA) is 0 Å². The summed E-state index contributed by atoms with van der Waals surface area (Å²) in [5.41, 5.74) is 1.37. The second kappa shape index (κ2) is 8.50. The van der Waals surface area contributed by atoms with E-state index in [9.17, 15) is 0 Å². The van der Waals surface area contributed by atoms with Crippen molar-refractivity contribution >= 4 is 0 Å². The van der Waals surface area contributed by atoms with E-state index in [1.165, 1.54) is 32.1 Å². The Labute approximate surface area is 183 Å². The summed E-state index contributed by atoms with van der Waals surface area (Å²) in [5.74, 6) is 8.02. The fourth-order valence-electron chi connectivity index (χ4n) is 9.96. The van der Waals surface area contributed by atoms with Crippen molar-refractivity contribution in [1.82, 2.24) is 0 Å². The summed E-state index contributed by atoms with van der Waals surface area (Å²) in [6.45, 7) is 15.4. The summed E-state index contributed by atoms with van der Waals surface area (Å²) in [4.78, 5) is 0. The van der Waals surface area contributed by atoms with Gasteiger partial charge in [0, 0.05) is 0 Å². The van der Waals surface area contributed by atoms with Gasteiger partial charge >= 0.3 is 0 Å². The molecule has 0 heterocycles. The Kier molecular flexibility index (Phi) is 6.51. The third-order valence-corrected chi connectivity index (χ3v) is 11.8. The SMILES string of the molecule is CC[C@H](CC[C@@H](C)[C@H]1CC[C@@H]2[C@H]3CC[C@@H]4CCCC[C@]4(C)[C@@H]3CC[C@]21C)C(C)C. The van der Waals surface area contributed by atoms with Crippen molar-refractivity contribution < 1.29 is 0 Å². The highest BCUT2D eigenvalue weighted by molar-refractivity contribution is 5.09. The van der Waals surface area contributed by atoms with Crippen molar-refractivity contribution in [3.8, 4) is 0 Å². The summed E-state index contributed by atoms with van der Waals surface area (Å²) >= 11 is 0. The third-order valence-electron chi connectivity index (χ3n) is 11.8. The van der Waals surface area contributed by atoms with Gasteiger partial charge in [-0.2, -0.15) is 0 Å². The Bertz CT molecular complexity index is 548. The fraction of sp³-hybridized carbons (Fsp3) is 1.00. The van der Waals surface area contributed by atoms with Crippen molar-refractivity contribution in [2.24, 2.45) is 58.2 Å². The molecule has 4 fully saturated rings. The zero-order valence-corrected chi connectivity index (χ0v) is 20.8. The van der Waals surface area contributed by atoms with Gasteiger partial charge in [0.05, 0.1) is 0 Å². The molecule has 0 aromatic heterocycles. The molecule has 0 unspecified atom stereocenters. The number of rotatable bonds is 6. The maximum atomic E-state index is 2.76. The quantitative estimate of drug-likeness (QED) is 0.417. The molecule has 4 rings (SSSR count). The highest BCUT2D eigenvalue weighted by Crippen LogP contribution is 2.68. The number of hydrogen-bond donors (Lipinski definition) is 0. The predicted molar refractivity (Wildman–Crippen MR) is 127 cm³/mol. The fourth-order valence-corrected chi connectivity index (χ4v) is 9.96. The average Bonchev–Trinajstić information content (AvgIpc) is 3.05. The largest absolute Gasteiger partial charge is 0.0651 e. The molecule has 29 heavy (non-hydrogen) atoms. The van der Waals surface area contributed by atoms with Crippen LogP contribution in [0.15, 0.2) is 0 Å². The first-order chi connectivity index (χ1) is 13.8. The van der Waals surface area contributed by atoms with Gasteiger partial charge in [0.2, 0.25) is 0 Å². The van der Waals surface area contributed by atoms with Crippen LogP contribution in [0.3, 0.4) is 0 Å². The van der Waals surface area contributed by atoms with E-state index in [2.05, 4.69) is 41.5 Å². The molecule has 0 aliphatic heterocycles. The molecule has 0 saturated heterocycles. The van der Waals surface area contributed by atoms with Gasteiger partial charge in [-0.05, 0) is 116 Å². The lowest BCUT2D eigenvalue weighted by atomic mass is 9.44. The van der Waals surface area contributed by atoms with Crippen LogP contribution in [-0.2, 0) is 0 Å². The molecule has 0 aromatic rings. The predicted octanol–water partition coefficient (Wildman–Crippen LogP) is 9.13. The molecular formula is C29H52. The van der Waals surface area contributed by atoms with Crippen LogP contribution in [0.25, 0.3) is 0 Å². The van der Waals surface area contributed by atoms with E-state index in [0.717, 1.165) is 47.3 Å². The number of fused-ring (bicyclic) bond motifs is 5. The molecule has 9 atom stereocenters. The highest BCUT2D eigenvalue weighted by atomic mass is 14.6. The van der Waals surface area contributed by atoms with Crippen LogP contribution in [0.1, 0.15) is 125 Å². The maximum absolute atomic E-state index is 2.76. The molecule has 0 radical (unpaired) electrons. The summed E-state index contributed by atoms with van der Waals surface area (Å²) in [6.07, 6.45) is 19.8. The van der Waals surface area contributed by atoms with Gasteiger partial charge in [-0.1, -0.05) is 67.2 Å². The molecule has 0 N–H and O–H groups in total. The van der Waals surface area contributed by atoms with Gasteiger partial charge in [0.25, 0.3) is 0 Å². The Morgan fingerprint density at radius 1 is 0.759 bits per heavy atom. The Balaban J connectivity index is 1.45. The van der Waals surface area contributed by atoms with E-state index in [1.807, 2.05) is 0 Å². The second-order valence-electron chi connectivity index (χ2n) is 13.1. The maximum Gasteiger partial charge on any atom is -0.0264 e. The van der Waals surface area contributed by atoms with E-state index in [-0.39, 0.29) is 0 Å². The van der Waals surface area contributed by atoms with Crippen molar-refractivity contribution in [2.75, 3.05) is 0 Å². The van der Waals surface area contributed by atoms with E-state index in [4.69, 9.17) is 0 Å². The zero-order chi connectivity index (χ0) is 20.8. The van der Waals surface area contributed by atoms with Crippen molar-refractivity contribution in [1.29, 1.82) is 0 Å². The molecule has 0 amide bonds. The molecule has 4 aliphatic rings. The Hall–Kier alpha value is 0. The summed E-state index contributed by atoms with van der Waals surface area (Å²) < 4.78 is 0. The van der Waals surface area contributed by atoms with Gasteiger partial charge in [-0.15, -0.1) is 0 Å². The first kappa shape index (κ1) is 22.2. The van der Waals surface area contributed by atoms with Gasteiger partial charge in [0.15, 0.2) is 0 Å². The van der Waals surface area contributed by atoms with Crippen molar-refractivity contribution in [3.05, 3.63) is 0 Å². The Morgan fingerprint density at radius 3 is 2.24 bits per heavy atom. The van der Waals surface area contributed by atoms with Crippen LogP contribution in [0.2, 0.25) is 0 Å². The van der Waals surface area contributed by atoms with Crippen molar-refractivity contribution in [3.63, 3.8) is 0 Å². The van der Waals surface area contributed by atoms with Crippen LogP contribution in [0.4, 0.5) is 0 Å². The third kappa shape index (κ3) is 3.75. The smallest absolute Gasteiger partial charge is 0.0264 e. The van der Waals surface area contributed by atoms with E-state index < -0.39 is 0 Å². The standard InChI is InChI=1S/C29H52/c1-7-22(20(2)3)12-11-21(4)25-15-16-26-24-14-13-23-10-8-9-18-28(23,5)27(24)17-19-29(25,26)6/h20-27H,7-19H2,1-6H3/t21-,22-,23+,24-,25-,26-,27-,28+,29+/m1/s1. The minimum atomic E-state index is 0.665. The van der Waals surface area contributed by atoms with Gasteiger partial charge < -0.3 is 0 Å². The molecule has 0 spiro atoms. The lowest BCUT2D eigenvalue weighted by Gasteiger charge is -2.61. The molecule has 0 bridgehead atoms. The van der Waals surface area contributed by atoms with Crippen LogP contribution in [0.5, 0.6) is 0 Å². The molecule has 4 saturated carbocycles. The average molecular weight is 401 g/mol. The number of hydrogen-bond acceptors (Lipinski definition) is 0. The van der Waals surface area contributed by atoms with Gasteiger partial charge in [0.1, 0.15) is 0 Å². The zero-order valence-electron chi connectivity index (χ0n) is 20.8. The highest BCUT2D eigenvalue weighted by Gasteiger charge is 2.60. The van der Waals surface area contributed by atoms with Crippen LogP contribution >= 0.6 is 0 Å². The Morgan fingerprint density at radius 2 is 1.52 bits per heavy atom. The normalized spacial score (nSPS) is 46.7. The first-order valence-electron chi connectivity index (χ1n) is 13.8. The molecule has 168 valence electrons. The molecule has 4 aliphatic carbocycles. The van der Waals surface area contributed by atoms with Gasteiger partial charge in [-0.3, -0.25) is 0 Å². The lowest BCUT2D eigenvalue weighted by molar-refractivity contribution is -0.114. The van der Waals surface area contributed by atoms with Crippen LogP contribution < -0.4 is 0 Å². The summed E-state index contributed by atoms with van der Waals surface area (Å²) in [7, 11) is 0. The molecule has 0 nitrogen and oxygen atoms in total. The monoisotopic (exact) mass is 400 g/mol. The minimum absolute atomic E-state index is 0.665. The van der Waals surface area contributed by atoms with Crippen molar-refractivity contribution in [2.45, 2.75) is 125 Å². The summed E-state index contributed by atoms with van der Waals surface area (Å²) in [6, 6.07) is 0.